The lowest BCUT2D eigenvalue weighted by Crippen LogP contribution is -2.30. The number of rotatable bonds is 5. The van der Waals surface area contributed by atoms with Crippen LogP contribution in [0.5, 0.6) is 0 Å². The van der Waals surface area contributed by atoms with Crippen molar-refractivity contribution in [1.29, 1.82) is 0 Å². The SMILES string of the molecule is Cc1cc(-n2cncn2)ccc1C(=O)NCC(C)CO. The first-order chi connectivity index (χ1) is 9.61. The second-order valence-electron chi connectivity index (χ2n) is 4.84. The third-order valence-electron chi connectivity index (χ3n) is 3.06. The summed E-state index contributed by atoms with van der Waals surface area (Å²) < 4.78 is 1.64. The third-order valence-corrected chi connectivity index (χ3v) is 3.06. The molecule has 1 aromatic carbocycles. The molecular formula is C14H18N4O2. The zero-order valence-electron chi connectivity index (χ0n) is 11.6. The average Bonchev–Trinajstić information content (AvgIpc) is 2.98. The monoisotopic (exact) mass is 274 g/mol. The van der Waals surface area contributed by atoms with Gasteiger partial charge in [-0.3, -0.25) is 4.79 Å². The van der Waals surface area contributed by atoms with E-state index >= 15 is 0 Å². The van der Waals surface area contributed by atoms with E-state index in [-0.39, 0.29) is 18.4 Å². The number of aliphatic hydroxyl groups is 1. The van der Waals surface area contributed by atoms with E-state index in [9.17, 15) is 4.79 Å². The van der Waals surface area contributed by atoms with Crippen molar-refractivity contribution in [1.82, 2.24) is 20.1 Å². The van der Waals surface area contributed by atoms with Crippen LogP contribution in [0.15, 0.2) is 30.9 Å². The molecule has 0 radical (unpaired) electrons. The molecule has 1 amide bonds. The first-order valence-electron chi connectivity index (χ1n) is 6.46. The summed E-state index contributed by atoms with van der Waals surface area (Å²) in [5.41, 5.74) is 2.35. The summed E-state index contributed by atoms with van der Waals surface area (Å²) in [5.74, 6) is -0.0818. The maximum absolute atomic E-state index is 12.1. The molecule has 0 fully saturated rings. The molecule has 1 aromatic heterocycles. The zero-order valence-corrected chi connectivity index (χ0v) is 11.6. The van der Waals surface area contributed by atoms with Crippen LogP contribution in [0.3, 0.4) is 0 Å². The lowest BCUT2D eigenvalue weighted by molar-refractivity contribution is 0.0941. The molecule has 0 saturated carbocycles. The topological polar surface area (TPSA) is 80.0 Å². The van der Waals surface area contributed by atoms with Crippen LogP contribution < -0.4 is 5.32 Å². The lowest BCUT2D eigenvalue weighted by Gasteiger charge is -2.12. The maximum Gasteiger partial charge on any atom is 0.251 e. The molecule has 106 valence electrons. The average molecular weight is 274 g/mol. The van der Waals surface area contributed by atoms with Gasteiger partial charge >= 0.3 is 0 Å². The minimum absolute atomic E-state index is 0.0497. The number of aliphatic hydroxyl groups excluding tert-OH is 1. The molecule has 0 bridgehead atoms. The zero-order chi connectivity index (χ0) is 14.5. The van der Waals surface area contributed by atoms with Crippen molar-refractivity contribution < 1.29 is 9.90 Å². The van der Waals surface area contributed by atoms with Crippen molar-refractivity contribution in [2.45, 2.75) is 13.8 Å². The number of aryl methyl sites for hydroxylation is 1. The minimum Gasteiger partial charge on any atom is -0.396 e. The Hall–Kier alpha value is -2.21. The number of hydrogen-bond donors (Lipinski definition) is 2. The Morgan fingerprint density at radius 3 is 2.90 bits per heavy atom. The van der Waals surface area contributed by atoms with Crippen LogP contribution in [0.1, 0.15) is 22.8 Å². The van der Waals surface area contributed by atoms with Gasteiger partial charge < -0.3 is 10.4 Å². The van der Waals surface area contributed by atoms with Crippen molar-refractivity contribution in [3.05, 3.63) is 42.0 Å². The Labute approximate surface area is 117 Å². The molecule has 2 rings (SSSR count). The van der Waals surface area contributed by atoms with E-state index < -0.39 is 0 Å². The normalized spacial score (nSPS) is 12.2. The number of amides is 1. The number of aromatic nitrogens is 3. The van der Waals surface area contributed by atoms with Crippen molar-refractivity contribution in [3.63, 3.8) is 0 Å². The van der Waals surface area contributed by atoms with Crippen molar-refractivity contribution in [2.75, 3.05) is 13.2 Å². The number of nitrogens with zero attached hydrogens (tertiary/aromatic N) is 3. The van der Waals surface area contributed by atoms with Gasteiger partial charge in [-0.2, -0.15) is 5.10 Å². The van der Waals surface area contributed by atoms with E-state index in [0.717, 1.165) is 11.3 Å². The Kier molecular flexibility index (Phi) is 4.47. The largest absolute Gasteiger partial charge is 0.396 e. The second kappa shape index (κ2) is 6.29. The fraction of sp³-hybridized carbons (Fsp3) is 0.357. The van der Waals surface area contributed by atoms with Crippen molar-refractivity contribution >= 4 is 5.91 Å². The van der Waals surface area contributed by atoms with Crippen LogP contribution >= 0.6 is 0 Å². The maximum atomic E-state index is 12.1. The van der Waals surface area contributed by atoms with Gasteiger partial charge in [0.15, 0.2) is 0 Å². The number of carbonyl (C=O) groups is 1. The molecule has 2 aromatic rings. The molecular weight excluding hydrogens is 256 g/mol. The van der Waals surface area contributed by atoms with E-state index in [0.29, 0.717) is 12.1 Å². The molecule has 0 aliphatic rings. The summed E-state index contributed by atoms with van der Waals surface area (Å²) in [7, 11) is 0. The highest BCUT2D eigenvalue weighted by Crippen LogP contribution is 2.13. The first kappa shape index (κ1) is 14.2. The van der Waals surface area contributed by atoms with Crippen molar-refractivity contribution in [3.8, 4) is 5.69 Å². The fourth-order valence-electron chi connectivity index (χ4n) is 1.81. The minimum atomic E-state index is -0.132. The molecule has 6 heteroatoms. The molecule has 0 aliphatic carbocycles. The van der Waals surface area contributed by atoms with E-state index in [1.165, 1.54) is 6.33 Å². The smallest absolute Gasteiger partial charge is 0.251 e. The predicted molar refractivity (Wildman–Crippen MR) is 74.7 cm³/mol. The van der Waals surface area contributed by atoms with Gasteiger partial charge in [0.25, 0.3) is 5.91 Å². The van der Waals surface area contributed by atoms with Gasteiger partial charge in [-0.1, -0.05) is 6.92 Å². The molecule has 2 N–H and O–H groups in total. The summed E-state index contributed by atoms with van der Waals surface area (Å²) in [6.45, 7) is 4.27. The molecule has 0 aliphatic heterocycles. The van der Waals surface area contributed by atoms with Gasteiger partial charge in [-0.25, -0.2) is 9.67 Å². The summed E-state index contributed by atoms with van der Waals surface area (Å²) in [5, 5.41) is 15.8. The Bertz CT molecular complexity index is 581. The summed E-state index contributed by atoms with van der Waals surface area (Å²) in [4.78, 5) is 15.9. The highest BCUT2D eigenvalue weighted by atomic mass is 16.3. The molecule has 1 atom stereocenters. The third kappa shape index (κ3) is 3.21. The quantitative estimate of drug-likeness (QED) is 0.850. The van der Waals surface area contributed by atoms with Crippen LogP contribution in [0.2, 0.25) is 0 Å². The van der Waals surface area contributed by atoms with E-state index in [1.54, 1.807) is 17.1 Å². The molecule has 20 heavy (non-hydrogen) atoms. The highest BCUT2D eigenvalue weighted by Gasteiger charge is 2.11. The van der Waals surface area contributed by atoms with Gasteiger partial charge in [0, 0.05) is 18.7 Å². The van der Waals surface area contributed by atoms with Crippen LogP contribution in [-0.4, -0.2) is 38.9 Å². The molecule has 0 spiro atoms. The van der Waals surface area contributed by atoms with Gasteiger partial charge in [0.2, 0.25) is 0 Å². The lowest BCUT2D eigenvalue weighted by atomic mass is 10.1. The van der Waals surface area contributed by atoms with E-state index in [4.69, 9.17) is 5.11 Å². The number of nitrogens with one attached hydrogen (secondary N) is 1. The van der Waals surface area contributed by atoms with Crippen molar-refractivity contribution in [2.24, 2.45) is 5.92 Å². The fourth-order valence-corrected chi connectivity index (χ4v) is 1.81. The summed E-state index contributed by atoms with van der Waals surface area (Å²) in [6.07, 6.45) is 3.07. The molecule has 1 unspecified atom stereocenters. The van der Waals surface area contributed by atoms with E-state index in [2.05, 4.69) is 15.4 Å². The predicted octanol–water partition coefficient (Wildman–Crippen LogP) is 0.934. The Morgan fingerprint density at radius 2 is 2.30 bits per heavy atom. The van der Waals surface area contributed by atoms with Crippen LogP contribution in [0, 0.1) is 12.8 Å². The van der Waals surface area contributed by atoms with Gasteiger partial charge in [-0.15, -0.1) is 0 Å². The van der Waals surface area contributed by atoms with Gasteiger partial charge in [0.05, 0.1) is 5.69 Å². The highest BCUT2D eigenvalue weighted by molar-refractivity contribution is 5.95. The summed E-state index contributed by atoms with van der Waals surface area (Å²) >= 11 is 0. The van der Waals surface area contributed by atoms with Crippen LogP contribution in [-0.2, 0) is 0 Å². The molecule has 0 saturated heterocycles. The van der Waals surface area contributed by atoms with E-state index in [1.807, 2.05) is 26.0 Å². The van der Waals surface area contributed by atoms with Crippen LogP contribution in [0.25, 0.3) is 5.69 Å². The number of benzene rings is 1. The Balaban J connectivity index is 2.11. The summed E-state index contributed by atoms with van der Waals surface area (Å²) in [6, 6.07) is 5.48. The van der Waals surface area contributed by atoms with Gasteiger partial charge in [0.1, 0.15) is 12.7 Å². The standard InChI is InChI=1S/C14H18N4O2/c1-10(7-19)6-16-14(20)13-4-3-12(5-11(13)2)18-9-15-8-17-18/h3-5,8-10,19H,6-7H2,1-2H3,(H,16,20). The molecule has 6 nitrogen and oxygen atoms in total. The molecule has 1 heterocycles. The van der Waals surface area contributed by atoms with Crippen LogP contribution in [0.4, 0.5) is 0 Å². The number of carbonyl (C=O) groups excluding carboxylic acids is 1. The van der Waals surface area contributed by atoms with Gasteiger partial charge in [-0.05, 0) is 36.6 Å². The first-order valence-corrected chi connectivity index (χ1v) is 6.46. The Morgan fingerprint density at radius 1 is 1.50 bits per heavy atom. The number of hydrogen-bond acceptors (Lipinski definition) is 4. The second-order valence-corrected chi connectivity index (χ2v) is 4.84.